The van der Waals surface area contributed by atoms with Crippen LogP contribution in [0.5, 0.6) is 5.75 Å². The van der Waals surface area contributed by atoms with Gasteiger partial charge in [-0.25, -0.2) is 0 Å². The van der Waals surface area contributed by atoms with Crippen molar-refractivity contribution in [2.45, 2.75) is 58.8 Å². The number of carbonyl (C=O) groups excluding carboxylic acids is 2. The summed E-state index contributed by atoms with van der Waals surface area (Å²) in [6.07, 6.45) is -0.209. The van der Waals surface area contributed by atoms with Gasteiger partial charge in [-0.1, -0.05) is 53.7 Å². The van der Waals surface area contributed by atoms with Crippen molar-refractivity contribution < 1.29 is 19.4 Å². The van der Waals surface area contributed by atoms with Crippen molar-refractivity contribution in [1.29, 1.82) is 0 Å². The van der Waals surface area contributed by atoms with Crippen LogP contribution in [0.3, 0.4) is 0 Å². The minimum Gasteiger partial charge on any atom is -0.550 e. The zero-order valence-electron chi connectivity index (χ0n) is 15.5. The van der Waals surface area contributed by atoms with Gasteiger partial charge in [-0.2, -0.15) is 0 Å². The Morgan fingerprint density at radius 3 is 2.21 bits per heavy atom. The fourth-order valence-corrected chi connectivity index (χ4v) is 2.21. The van der Waals surface area contributed by atoms with Crippen molar-refractivity contribution in [2.24, 2.45) is 0 Å². The zero-order chi connectivity index (χ0) is 18.5. The predicted molar refractivity (Wildman–Crippen MR) is 92.0 cm³/mol. The molecule has 0 saturated carbocycles. The molecule has 1 aromatic carbocycles. The van der Waals surface area contributed by atoms with Crippen LogP contribution in [0, 0.1) is 0 Å². The summed E-state index contributed by atoms with van der Waals surface area (Å²) in [7, 11) is 0. The topological polar surface area (TPSA) is 78.5 Å². The number of carboxylic acids is 1. The van der Waals surface area contributed by atoms with Crippen molar-refractivity contribution in [1.82, 2.24) is 5.32 Å². The minimum absolute atomic E-state index is 0.0285. The summed E-state index contributed by atoms with van der Waals surface area (Å²) in [5, 5.41) is 12.8. The first kappa shape index (κ1) is 20.0. The van der Waals surface area contributed by atoms with Gasteiger partial charge < -0.3 is 20.0 Å². The smallest absolute Gasteiger partial charge is 0.257 e. The van der Waals surface area contributed by atoms with Crippen LogP contribution in [-0.2, 0) is 20.4 Å². The van der Waals surface area contributed by atoms with Gasteiger partial charge in [0, 0.05) is 18.9 Å². The van der Waals surface area contributed by atoms with E-state index in [4.69, 9.17) is 4.74 Å². The highest BCUT2D eigenvalue weighted by molar-refractivity contribution is 5.78. The van der Waals surface area contributed by atoms with Crippen LogP contribution in [0.4, 0.5) is 0 Å². The summed E-state index contributed by atoms with van der Waals surface area (Å²) in [6.45, 7) is 12.6. The number of ether oxygens (including phenoxy) is 1. The van der Waals surface area contributed by atoms with Gasteiger partial charge in [0.25, 0.3) is 5.91 Å². The lowest BCUT2D eigenvalue weighted by atomic mass is 9.80. The Kier molecular flexibility index (Phi) is 6.41. The van der Waals surface area contributed by atoms with Gasteiger partial charge in [-0.05, 0) is 28.0 Å². The van der Waals surface area contributed by atoms with E-state index in [1.807, 2.05) is 12.1 Å². The van der Waals surface area contributed by atoms with E-state index in [0.29, 0.717) is 5.75 Å². The molecule has 0 aliphatic rings. The number of benzene rings is 1. The van der Waals surface area contributed by atoms with E-state index in [0.717, 1.165) is 5.56 Å². The minimum atomic E-state index is -1.19. The first-order valence-corrected chi connectivity index (χ1v) is 8.15. The molecule has 134 valence electrons. The van der Waals surface area contributed by atoms with E-state index >= 15 is 0 Å². The maximum Gasteiger partial charge on any atom is 0.257 e. The number of amides is 1. The third kappa shape index (κ3) is 6.22. The van der Waals surface area contributed by atoms with E-state index in [2.05, 4.69) is 52.9 Å². The molecular formula is C19H28NO4-. The van der Waals surface area contributed by atoms with Gasteiger partial charge >= 0.3 is 0 Å². The van der Waals surface area contributed by atoms with Crippen molar-refractivity contribution >= 4 is 11.9 Å². The van der Waals surface area contributed by atoms with Gasteiger partial charge in [-0.3, -0.25) is 4.79 Å². The molecule has 1 rings (SSSR count). The van der Waals surface area contributed by atoms with Crippen LogP contribution >= 0.6 is 0 Å². The SMILES string of the molecule is CC(C)(C)c1ccc(OCC(=O)NCCC(=O)[O-])c(C(C)(C)C)c1. The van der Waals surface area contributed by atoms with Crippen LogP contribution < -0.4 is 15.2 Å². The normalized spacial score (nSPS) is 11.9. The van der Waals surface area contributed by atoms with Crippen LogP contribution in [0.1, 0.15) is 59.1 Å². The van der Waals surface area contributed by atoms with Gasteiger partial charge in [-0.15, -0.1) is 0 Å². The lowest BCUT2D eigenvalue weighted by Crippen LogP contribution is -2.33. The molecule has 1 aromatic rings. The maximum atomic E-state index is 11.7. The van der Waals surface area contributed by atoms with Crippen molar-refractivity contribution in [3.05, 3.63) is 29.3 Å². The van der Waals surface area contributed by atoms with Gasteiger partial charge in [0.15, 0.2) is 6.61 Å². The number of nitrogens with one attached hydrogen (secondary N) is 1. The summed E-state index contributed by atoms with van der Waals surface area (Å²) in [4.78, 5) is 22.1. The number of hydrogen-bond acceptors (Lipinski definition) is 4. The van der Waals surface area contributed by atoms with E-state index in [1.54, 1.807) is 0 Å². The molecule has 1 amide bonds. The Balaban J connectivity index is 2.84. The average Bonchev–Trinajstić information content (AvgIpc) is 2.42. The Bertz CT molecular complexity index is 594. The predicted octanol–water partition coefficient (Wildman–Crippen LogP) is 1.92. The largest absolute Gasteiger partial charge is 0.550 e. The summed E-state index contributed by atoms with van der Waals surface area (Å²) >= 11 is 0. The summed E-state index contributed by atoms with van der Waals surface area (Å²) < 4.78 is 5.68. The number of rotatable bonds is 6. The fourth-order valence-electron chi connectivity index (χ4n) is 2.21. The Morgan fingerprint density at radius 2 is 1.71 bits per heavy atom. The monoisotopic (exact) mass is 334 g/mol. The third-order valence-electron chi connectivity index (χ3n) is 3.66. The standard InChI is InChI=1S/C19H29NO4/c1-18(2,3)13-7-8-15(14(11-13)19(4,5)6)24-12-16(21)20-10-9-17(22)23/h7-8,11H,9-10,12H2,1-6H3,(H,20,21)(H,22,23)/p-1. The highest BCUT2D eigenvalue weighted by Crippen LogP contribution is 2.35. The molecule has 0 radical (unpaired) electrons. The lowest BCUT2D eigenvalue weighted by Gasteiger charge is -2.27. The number of hydrogen-bond donors (Lipinski definition) is 1. The molecule has 0 unspecified atom stereocenters. The fraction of sp³-hybridized carbons (Fsp3) is 0.579. The summed E-state index contributed by atoms with van der Waals surface area (Å²) in [6, 6.07) is 6.04. The zero-order valence-corrected chi connectivity index (χ0v) is 15.5. The van der Waals surface area contributed by atoms with Crippen molar-refractivity contribution in [3.63, 3.8) is 0 Å². The molecular weight excluding hydrogens is 306 g/mol. The number of carboxylic acid groups (broad SMARTS) is 1. The van der Waals surface area contributed by atoms with E-state index in [9.17, 15) is 14.7 Å². The van der Waals surface area contributed by atoms with Crippen molar-refractivity contribution in [2.75, 3.05) is 13.2 Å². The molecule has 0 spiro atoms. The van der Waals surface area contributed by atoms with Gasteiger partial charge in [0.1, 0.15) is 5.75 Å². The van der Waals surface area contributed by atoms with Crippen LogP contribution in [0.2, 0.25) is 0 Å². The third-order valence-corrected chi connectivity index (χ3v) is 3.66. The highest BCUT2D eigenvalue weighted by Gasteiger charge is 2.23. The van der Waals surface area contributed by atoms with Gasteiger partial charge in [0.2, 0.25) is 0 Å². The van der Waals surface area contributed by atoms with Gasteiger partial charge in [0.05, 0.1) is 0 Å². The average molecular weight is 334 g/mol. The highest BCUT2D eigenvalue weighted by atomic mass is 16.5. The second-order valence-electron chi connectivity index (χ2n) is 7.97. The van der Waals surface area contributed by atoms with E-state index in [1.165, 1.54) is 5.56 Å². The molecule has 5 nitrogen and oxygen atoms in total. The maximum absolute atomic E-state index is 11.7. The van der Waals surface area contributed by atoms with E-state index in [-0.39, 0.29) is 36.3 Å². The second kappa shape index (κ2) is 7.69. The van der Waals surface area contributed by atoms with Crippen LogP contribution in [0.15, 0.2) is 18.2 Å². The molecule has 0 aliphatic heterocycles. The second-order valence-corrected chi connectivity index (χ2v) is 7.97. The molecule has 0 bridgehead atoms. The Labute approximate surface area is 144 Å². The molecule has 0 heterocycles. The Morgan fingerprint density at radius 1 is 1.08 bits per heavy atom. The molecule has 0 fully saturated rings. The molecule has 0 aliphatic carbocycles. The first-order valence-electron chi connectivity index (χ1n) is 8.15. The van der Waals surface area contributed by atoms with Crippen LogP contribution in [0.25, 0.3) is 0 Å². The summed E-state index contributed by atoms with van der Waals surface area (Å²) in [5.41, 5.74) is 2.15. The summed E-state index contributed by atoms with van der Waals surface area (Å²) in [5.74, 6) is -0.870. The Hall–Kier alpha value is -2.04. The van der Waals surface area contributed by atoms with Crippen LogP contribution in [-0.4, -0.2) is 25.0 Å². The molecule has 24 heavy (non-hydrogen) atoms. The quantitative estimate of drug-likeness (QED) is 0.862. The molecule has 5 heteroatoms. The molecule has 0 saturated heterocycles. The molecule has 1 N–H and O–H groups in total. The first-order chi connectivity index (χ1) is 10.9. The molecule has 0 aromatic heterocycles. The molecule has 0 atom stereocenters. The van der Waals surface area contributed by atoms with E-state index < -0.39 is 5.97 Å². The lowest BCUT2D eigenvalue weighted by molar-refractivity contribution is -0.305. The van der Waals surface area contributed by atoms with Crippen molar-refractivity contribution in [3.8, 4) is 5.75 Å². The number of aliphatic carboxylic acids is 1. The number of carbonyl (C=O) groups is 2.